The average molecular weight is 360 g/mol. The number of benzene rings is 1. The van der Waals surface area contributed by atoms with Crippen molar-refractivity contribution in [2.45, 2.75) is 38.1 Å². The molecule has 1 atom stereocenters. The topological polar surface area (TPSA) is 36.0 Å². The van der Waals surface area contributed by atoms with Crippen LogP contribution in [0.25, 0.3) is 0 Å². The Morgan fingerprint density at radius 3 is 2.50 bits per heavy atom. The molecule has 1 amide bonds. The first-order valence-electron chi connectivity index (χ1n) is 10.0. The van der Waals surface area contributed by atoms with Crippen LogP contribution in [-0.4, -0.2) is 75.2 Å². The maximum Gasteiger partial charge on any atom is 0.254 e. The van der Waals surface area contributed by atoms with Gasteiger partial charge in [-0.3, -0.25) is 4.79 Å². The van der Waals surface area contributed by atoms with Crippen molar-refractivity contribution in [3.05, 3.63) is 29.8 Å². The molecule has 0 unspecified atom stereocenters. The molecular formula is C21H33N3O2. The Bertz CT molecular complexity index is 567. The first-order valence-corrected chi connectivity index (χ1v) is 10.0. The molecule has 5 heteroatoms. The van der Waals surface area contributed by atoms with E-state index in [9.17, 15) is 4.79 Å². The highest BCUT2D eigenvalue weighted by molar-refractivity contribution is 5.94. The predicted octanol–water partition coefficient (Wildman–Crippen LogP) is 2.86. The number of rotatable bonds is 6. The highest BCUT2D eigenvalue weighted by atomic mass is 16.5. The number of carbonyl (C=O) groups excluding carboxylic acids is 1. The van der Waals surface area contributed by atoms with Crippen molar-refractivity contribution in [1.82, 2.24) is 9.80 Å². The highest BCUT2D eigenvalue weighted by Gasteiger charge is 2.27. The fraction of sp³-hybridized carbons (Fsp3) is 0.667. The van der Waals surface area contributed by atoms with Gasteiger partial charge in [-0.1, -0.05) is 0 Å². The fourth-order valence-electron chi connectivity index (χ4n) is 4.08. The second-order valence-corrected chi connectivity index (χ2v) is 7.62. The lowest BCUT2D eigenvalue weighted by Gasteiger charge is -2.36. The third-order valence-electron chi connectivity index (χ3n) is 5.76. The zero-order chi connectivity index (χ0) is 18.4. The van der Waals surface area contributed by atoms with Gasteiger partial charge in [0, 0.05) is 63.7 Å². The molecule has 1 aromatic rings. The van der Waals surface area contributed by atoms with Gasteiger partial charge < -0.3 is 19.4 Å². The molecular weight excluding hydrogens is 326 g/mol. The van der Waals surface area contributed by atoms with E-state index < -0.39 is 0 Å². The molecule has 2 heterocycles. The van der Waals surface area contributed by atoms with Crippen molar-refractivity contribution in [2.75, 3.05) is 58.4 Å². The summed E-state index contributed by atoms with van der Waals surface area (Å²) in [4.78, 5) is 19.9. The summed E-state index contributed by atoms with van der Waals surface area (Å²) in [6, 6.07) is 8.61. The minimum absolute atomic E-state index is 0.192. The molecule has 3 rings (SSSR count). The summed E-state index contributed by atoms with van der Waals surface area (Å²) < 4.78 is 5.18. The summed E-state index contributed by atoms with van der Waals surface area (Å²) in [6.07, 6.45) is 5.52. The maximum absolute atomic E-state index is 13.0. The summed E-state index contributed by atoms with van der Waals surface area (Å²) in [7, 11) is 3.91. The smallest absolute Gasteiger partial charge is 0.254 e. The van der Waals surface area contributed by atoms with Crippen LogP contribution in [0.3, 0.4) is 0 Å². The van der Waals surface area contributed by atoms with E-state index >= 15 is 0 Å². The van der Waals surface area contributed by atoms with Crippen LogP contribution in [0, 0.1) is 0 Å². The largest absolute Gasteiger partial charge is 0.385 e. The quantitative estimate of drug-likeness (QED) is 0.732. The maximum atomic E-state index is 13.0. The van der Waals surface area contributed by atoms with Gasteiger partial charge in [0.2, 0.25) is 0 Å². The van der Waals surface area contributed by atoms with Crippen LogP contribution in [-0.2, 0) is 4.74 Å². The average Bonchev–Trinajstić information content (AvgIpc) is 2.69. The first kappa shape index (κ1) is 19.2. The Labute approximate surface area is 157 Å². The normalized spacial score (nSPS) is 21.8. The third-order valence-corrected chi connectivity index (χ3v) is 5.76. The van der Waals surface area contributed by atoms with Crippen LogP contribution >= 0.6 is 0 Å². The molecule has 0 aromatic heterocycles. The first-order chi connectivity index (χ1) is 12.7. The molecule has 0 bridgehead atoms. The molecule has 5 nitrogen and oxygen atoms in total. The van der Waals surface area contributed by atoms with Crippen molar-refractivity contribution in [2.24, 2.45) is 0 Å². The molecule has 144 valence electrons. The Morgan fingerprint density at radius 1 is 1.08 bits per heavy atom. The van der Waals surface area contributed by atoms with Gasteiger partial charge in [-0.25, -0.2) is 0 Å². The number of likely N-dealkylation sites (N-methyl/N-ethyl adjacent to an activating group) is 1. The summed E-state index contributed by atoms with van der Waals surface area (Å²) in [5, 5.41) is 0. The molecule has 2 fully saturated rings. The lowest BCUT2D eigenvalue weighted by Crippen LogP contribution is -2.44. The molecule has 26 heavy (non-hydrogen) atoms. The van der Waals surface area contributed by atoms with Gasteiger partial charge in [0.1, 0.15) is 0 Å². The monoisotopic (exact) mass is 359 g/mol. The van der Waals surface area contributed by atoms with E-state index in [1.165, 1.54) is 12.1 Å². The van der Waals surface area contributed by atoms with Gasteiger partial charge in [0.25, 0.3) is 5.91 Å². The van der Waals surface area contributed by atoms with Crippen LogP contribution in [0.2, 0.25) is 0 Å². The van der Waals surface area contributed by atoms with Crippen molar-refractivity contribution in [1.29, 1.82) is 0 Å². The number of amides is 1. The number of piperidine rings is 1. The van der Waals surface area contributed by atoms with E-state index in [2.05, 4.69) is 33.9 Å². The Morgan fingerprint density at radius 2 is 1.81 bits per heavy atom. The molecule has 0 N–H and O–H groups in total. The van der Waals surface area contributed by atoms with Crippen molar-refractivity contribution >= 4 is 11.6 Å². The molecule has 2 aliphatic rings. The van der Waals surface area contributed by atoms with Crippen molar-refractivity contribution in [3.8, 4) is 0 Å². The molecule has 2 aliphatic heterocycles. The van der Waals surface area contributed by atoms with Gasteiger partial charge in [-0.05, 0) is 63.4 Å². The molecule has 0 spiro atoms. The zero-order valence-electron chi connectivity index (χ0n) is 16.3. The molecule has 0 aliphatic carbocycles. The van der Waals surface area contributed by atoms with E-state index in [1.807, 2.05) is 12.1 Å². The van der Waals surface area contributed by atoms with Crippen LogP contribution < -0.4 is 4.90 Å². The van der Waals surface area contributed by atoms with Gasteiger partial charge in [0.05, 0.1) is 0 Å². The number of hydrogen-bond donors (Lipinski definition) is 0. The van der Waals surface area contributed by atoms with Crippen molar-refractivity contribution < 1.29 is 9.53 Å². The molecule has 2 saturated heterocycles. The number of methoxy groups -OCH3 is 1. The van der Waals surface area contributed by atoms with Gasteiger partial charge in [0.15, 0.2) is 0 Å². The Hall–Kier alpha value is -1.59. The predicted molar refractivity (Wildman–Crippen MR) is 106 cm³/mol. The summed E-state index contributed by atoms with van der Waals surface area (Å²) >= 11 is 0. The van der Waals surface area contributed by atoms with Gasteiger partial charge in [-0.2, -0.15) is 0 Å². The minimum Gasteiger partial charge on any atom is -0.385 e. The summed E-state index contributed by atoms with van der Waals surface area (Å²) in [5.41, 5.74) is 2.05. The van der Waals surface area contributed by atoms with E-state index in [0.717, 1.165) is 70.6 Å². The molecule has 1 aromatic carbocycles. The van der Waals surface area contributed by atoms with Gasteiger partial charge in [-0.15, -0.1) is 0 Å². The SMILES string of the molecule is COCCC[C@@H]1CCCCN1C(=O)c1ccc(N2CCN(C)CC2)cc1. The molecule has 0 saturated carbocycles. The number of carbonyl (C=O) groups is 1. The van der Waals surface area contributed by atoms with Crippen LogP contribution in [0.5, 0.6) is 0 Å². The second kappa shape index (κ2) is 9.38. The zero-order valence-corrected chi connectivity index (χ0v) is 16.3. The number of anilines is 1. The van der Waals surface area contributed by atoms with Crippen LogP contribution in [0.15, 0.2) is 24.3 Å². The summed E-state index contributed by atoms with van der Waals surface area (Å²) in [6.45, 7) is 5.96. The van der Waals surface area contributed by atoms with Crippen LogP contribution in [0.4, 0.5) is 5.69 Å². The van der Waals surface area contributed by atoms with Crippen LogP contribution in [0.1, 0.15) is 42.5 Å². The Balaban J connectivity index is 1.62. The van der Waals surface area contributed by atoms with E-state index in [1.54, 1.807) is 7.11 Å². The molecule has 0 radical (unpaired) electrons. The number of hydrogen-bond acceptors (Lipinski definition) is 4. The standard InChI is InChI=1S/C21H33N3O2/c1-22-13-15-23(16-14-22)19-10-8-18(9-11-19)21(25)24-12-4-3-6-20(24)7-5-17-26-2/h8-11,20H,3-7,12-17H2,1-2H3/t20-/m0/s1. The number of likely N-dealkylation sites (tertiary alicyclic amines) is 1. The van der Waals surface area contributed by atoms with Crippen molar-refractivity contribution in [3.63, 3.8) is 0 Å². The lowest BCUT2D eigenvalue weighted by atomic mass is 9.97. The summed E-state index contributed by atoms with van der Waals surface area (Å²) in [5.74, 6) is 0.192. The van der Waals surface area contributed by atoms with E-state index in [0.29, 0.717) is 6.04 Å². The van der Waals surface area contributed by atoms with E-state index in [-0.39, 0.29) is 5.91 Å². The Kier molecular flexibility index (Phi) is 6.92. The fourth-order valence-corrected chi connectivity index (χ4v) is 4.08. The lowest BCUT2D eigenvalue weighted by molar-refractivity contribution is 0.0585. The van der Waals surface area contributed by atoms with Gasteiger partial charge >= 0.3 is 0 Å². The minimum atomic E-state index is 0.192. The van der Waals surface area contributed by atoms with E-state index in [4.69, 9.17) is 4.74 Å². The number of nitrogens with zero attached hydrogens (tertiary/aromatic N) is 3. The number of ether oxygens (including phenoxy) is 1. The third kappa shape index (κ3) is 4.77. The second-order valence-electron chi connectivity index (χ2n) is 7.62. The number of piperazine rings is 1. The highest BCUT2D eigenvalue weighted by Crippen LogP contribution is 2.24.